The minimum absolute atomic E-state index is 0.0974. The summed E-state index contributed by atoms with van der Waals surface area (Å²) in [6, 6.07) is 6.66. The molecule has 2 rings (SSSR count). The smallest absolute Gasteiger partial charge is 0.370 e. The van der Waals surface area contributed by atoms with Crippen molar-refractivity contribution in [1.82, 2.24) is 0 Å². The minimum atomic E-state index is -4.18. The summed E-state index contributed by atoms with van der Waals surface area (Å²) < 4.78 is 38.3. The molecule has 1 saturated heterocycles. The van der Waals surface area contributed by atoms with Crippen molar-refractivity contribution in [3.63, 3.8) is 0 Å². The molecule has 1 aromatic carbocycles. The maximum atomic E-state index is 12.8. The zero-order chi connectivity index (χ0) is 14.0. The van der Waals surface area contributed by atoms with Crippen molar-refractivity contribution in [2.45, 2.75) is 19.0 Å². The first-order valence-electron chi connectivity index (χ1n) is 5.93. The zero-order valence-electron chi connectivity index (χ0n) is 10.0. The van der Waals surface area contributed by atoms with Crippen molar-refractivity contribution in [1.29, 1.82) is 5.26 Å². The van der Waals surface area contributed by atoms with Crippen molar-refractivity contribution in [2.24, 2.45) is 5.92 Å². The molecule has 102 valence electrons. The molecule has 1 atom stereocenters. The van der Waals surface area contributed by atoms with Crippen molar-refractivity contribution >= 4 is 17.3 Å². The molecule has 19 heavy (non-hydrogen) atoms. The lowest BCUT2D eigenvalue weighted by Gasteiger charge is -2.35. The highest BCUT2D eigenvalue weighted by Crippen LogP contribution is 2.35. The van der Waals surface area contributed by atoms with Gasteiger partial charge in [0.25, 0.3) is 0 Å². The number of alkyl halides is 3. The molecular weight excluding hydrogens is 277 g/mol. The van der Waals surface area contributed by atoms with Crippen LogP contribution in [0.5, 0.6) is 0 Å². The second-order valence-electron chi connectivity index (χ2n) is 4.60. The number of rotatable bonds is 1. The predicted octanol–water partition coefficient (Wildman–Crippen LogP) is 3.99. The fourth-order valence-electron chi connectivity index (χ4n) is 2.34. The van der Waals surface area contributed by atoms with Gasteiger partial charge in [-0.2, -0.15) is 18.4 Å². The average molecular weight is 289 g/mol. The highest BCUT2D eigenvalue weighted by Gasteiger charge is 2.42. The number of nitriles is 1. The molecule has 0 aliphatic carbocycles. The van der Waals surface area contributed by atoms with Crippen LogP contribution in [0, 0.1) is 17.2 Å². The molecule has 6 heteroatoms. The van der Waals surface area contributed by atoms with Gasteiger partial charge >= 0.3 is 6.18 Å². The molecule has 1 aliphatic heterocycles. The summed E-state index contributed by atoms with van der Waals surface area (Å²) in [5.41, 5.74) is 0.844. The van der Waals surface area contributed by atoms with Crippen molar-refractivity contribution in [3.8, 4) is 6.07 Å². The van der Waals surface area contributed by atoms with Gasteiger partial charge in [-0.25, -0.2) is 0 Å². The Bertz CT molecular complexity index is 508. The van der Waals surface area contributed by atoms with Crippen LogP contribution in [0.1, 0.15) is 18.4 Å². The van der Waals surface area contributed by atoms with E-state index in [0.717, 1.165) is 0 Å². The molecule has 2 nitrogen and oxygen atoms in total. The first-order valence-corrected chi connectivity index (χ1v) is 6.31. The van der Waals surface area contributed by atoms with Crippen molar-refractivity contribution in [2.75, 3.05) is 18.0 Å². The predicted molar refractivity (Wildman–Crippen MR) is 67.2 cm³/mol. The van der Waals surface area contributed by atoms with Crippen LogP contribution >= 0.6 is 11.6 Å². The second kappa shape index (κ2) is 5.30. The van der Waals surface area contributed by atoms with Gasteiger partial charge in [0.2, 0.25) is 0 Å². The largest absolute Gasteiger partial charge is 0.393 e. The number of piperidine rings is 1. The van der Waals surface area contributed by atoms with Gasteiger partial charge in [-0.3, -0.25) is 0 Å². The maximum Gasteiger partial charge on any atom is 0.393 e. The van der Waals surface area contributed by atoms with Crippen LogP contribution in [0.15, 0.2) is 18.2 Å². The van der Waals surface area contributed by atoms with Crippen LogP contribution in [-0.2, 0) is 0 Å². The molecule has 1 aromatic rings. The summed E-state index contributed by atoms with van der Waals surface area (Å²) in [6.45, 7) is 0.433. The lowest BCUT2D eigenvalue weighted by atomic mass is 9.96. The molecule has 1 unspecified atom stereocenters. The van der Waals surface area contributed by atoms with E-state index < -0.39 is 12.1 Å². The van der Waals surface area contributed by atoms with E-state index in [4.69, 9.17) is 16.9 Å². The Morgan fingerprint density at radius 1 is 1.37 bits per heavy atom. The Morgan fingerprint density at radius 3 is 2.74 bits per heavy atom. The number of anilines is 1. The fraction of sp³-hybridized carbons (Fsp3) is 0.462. The molecule has 0 spiro atoms. The van der Waals surface area contributed by atoms with Crippen molar-refractivity contribution in [3.05, 3.63) is 28.8 Å². The van der Waals surface area contributed by atoms with E-state index in [1.807, 2.05) is 6.07 Å². The van der Waals surface area contributed by atoms with E-state index in [0.29, 0.717) is 29.2 Å². The van der Waals surface area contributed by atoms with E-state index in [-0.39, 0.29) is 13.0 Å². The number of hydrogen-bond acceptors (Lipinski definition) is 2. The van der Waals surface area contributed by atoms with Gasteiger partial charge in [0.05, 0.1) is 17.2 Å². The number of benzene rings is 1. The highest BCUT2D eigenvalue weighted by atomic mass is 35.5. The summed E-state index contributed by atoms with van der Waals surface area (Å²) in [6.07, 6.45) is -3.56. The van der Waals surface area contributed by atoms with Crippen LogP contribution in [-0.4, -0.2) is 19.3 Å². The van der Waals surface area contributed by atoms with Gasteiger partial charge in [-0.15, -0.1) is 0 Å². The normalized spacial score (nSPS) is 20.2. The molecule has 0 radical (unpaired) electrons. The molecule has 0 saturated carbocycles. The number of hydrogen-bond donors (Lipinski definition) is 0. The first-order chi connectivity index (χ1) is 8.91. The Hall–Kier alpha value is -1.41. The van der Waals surface area contributed by atoms with E-state index >= 15 is 0 Å². The molecule has 1 fully saturated rings. The molecule has 0 amide bonds. The quantitative estimate of drug-likeness (QED) is 0.781. The highest BCUT2D eigenvalue weighted by molar-refractivity contribution is 6.30. The maximum absolute atomic E-state index is 12.8. The topological polar surface area (TPSA) is 27.0 Å². The Morgan fingerprint density at radius 2 is 2.11 bits per heavy atom. The van der Waals surface area contributed by atoms with Crippen LogP contribution in [0.3, 0.4) is 0 Å². The van der Waals surface area contributed by atoms with Gasteiger partial charge < -0.3 is 4.90 Å². The Balaban J connectivity index is 2.25. The summed E-state index contributed by atoms with van der Waals surface area (Å²) in [7, 11) is 0. The summed E-state index contributed by atoms with van der Waals surface area (Å²) in [4.78, 5) is 1.62. The summed E-state index contributed by atoms with van der Waals surface area (Å²) >= 11 is 5.79. The van der Waals surface area contributed by atoms with Gasteiger partial charge in [0, 0.05) is 18.1 Å². The molecule has 0 bridgehead atoms. The van der Waals surface area contributed by atoms with Crippen molar-refractivity contribution < 1.29 is 13.2 Å². The monoisotopic (exact) mass is 288 g/mol. The zero-order valence-corrected chi connectivity index (χ0v) is 10.8. The fourth-order valence-corrected chi connectivity index (χ4v) is 2.51. The summed E-state index contributed by atoms with van der Waals surface area (Å²) in [5.74, 6) is -1.33. The molecular formula is C13H12ClF3N2. The third-order valence-corrected chi connectivity index (χ3v) is 3.54. The first kappa shape index (κ1) is 14.0. The van der Waals surface area contributed by atoms with Crippen LogP contribution < -0.4 is 4.90 Å². The summed E-state index contributed by atoms with van der Waals surface area (Å²) in [5, 5.41) is 9.45. The molecule has 0 aromatic heterocycles. The molecule has 1 aliphatic rings. The van der Waals surface area contributed by atoms with E-state index in [1.165, 1.54) is 6.07 Å². The third-order valence-electron chi connectivity index (χ3n) is 3.30. The lowest BCUT2D eigenvalue weighted by molar-refractivity contribution is -0.175. The standard InChI is InChI=1S/C13H12ClF3N2/c14-11-3-4-12(9(6-11)7-18)19-5-1-2-10(8-19)13(15,16)17/h3-4,6,10H,1-2,5,8H2. The number of nitrogens with zero attached hydrogens (tertiary/aromatic N) is 2. The van der Waals surface area contributed by atoms with Crippen LogP contribution in [0.4, 0.5) is 18.9 Å². The average Bonchev–Trinajstić information content (AvgIpc) is 2.37. The van der Waals surface area contributed by atoms with Gasteiger partial charge in [-0.05, 0) is 31.0 Å². The third kappa shape index (κ3) is 3.13. The molecule has 0 N–H and O–H groups in total. The minimum Gasteiger partial charge on any atom is -0.370 e. The Labute approximate surface area is 114 Å². The van der Waals surface area contributed by atoms with E-state index in [1.54, 1.807) is 17.0 Å². The van der Waals surface area contributed by atoms with E-state index in [9.17, 15) is 13.2 Å². The van der Waals surface area contributed by atoms with Crippen LogP contribution in [0.25, 0.3) is 0 Å². The SMILES string of the molecule is N#Cc1cc(Cl)ccc1N1CCCC(C(F)(F)F)C1. The molecule has 1 heterocycles. The van der Waals surface area contributed by atoms with E-state index in [2.05, 4.69) is 0 Å². The lowest BCUT2D eigenvalue weighted by Crippen LogP contribution is -2.42. The second-order valence-corrected chi connectivity index (χ2v) is 5.04. The van der Waals surface area contributed by atoms with Gasteiger partial charge in [0.15, 0.2) is 0 Å². The van der Waals surface area contributed by atoms with Crippen LogP contribution in [0.2, 0.25) is 5.02 Å². The number of halogens is 4. The van der Waals surface area contributed by atoms with Gasteiger partial charge in [0.1, 0.15) is 6.07 Å². The Kier molecular flexibility index (Phi) is 3.91. The van der Waals surface area contributed by atoms with Gasteiger partial charge in [-0.1, -0.05) is 11.6 Å².